The number of rotatable bonds is 3. The molecule has 90 valence electrons. The molecule has 2 rings (SSSR count). The summed E-state index contributed by atoms with van der Waals surface area (Å²) < 4.78 is 0. The van der Waals surface area contributed by atoms with E-state index in [2.05, 4.69) is 4.99 Å². The number of carbonyl (C=O) groups is 1. The molecule has 0 N–H and O–H groups in total. The Balaban J connectivity index is 2.33. The summed E-state index contributed by atoms with van der Waals surface area (Å²) in [6, 6.07) is 17.4. The first kappa shape index (κ1) is 12.2. The molecule has 0 atom stereocenters. The Labute approximate surface area is 107 Å². The molecule has 2 aromatic rings. The molecule has 0 aromatic heterocycles. The Morgan fingerprint density at radius 2 is 1.56 bits per heavy atom. The van der Waals surface area contributed by atoms with Gasteiger partial charge >= 0.3 is 0 Å². The summed E-state index contributed by atoms with van der Waals surface area (Å²) in [4.78, 5) is 15.8. The minimum Gasteiger partial charge on any atom is -0.295 e. The summed E-state index contributed by atoms with van der Waals surface area (Å²) >= 11 is 0. The molecule has 0 aliphatic carbocycles. The van der Waals surface area contributed by atoms with Crippen LogP contribution < -0.4 is 0 Å². The van der Waals surface area contributed by atoms with Gasteiger partial charge in [0.1, 0.15) is 0 Å². The number of hydrogen-bond donors (Lipinski definition) is 0. The molecule has 0 saturated heterocycles. The van der Waals surface area contributed by atoms with Crippen molar-refractivity contribution in [1.82, 2.24) is 0 Å². The first-order chi connectivity index (χ1) is 8.66. The monoisotopic (exact) mass is 237 g/mol. The molecule has 0 aliphatic rings. The molecule has 0 unspecified atom stereocenters. The second kappa shape index (κ2) is 5.41. The summed E-state index contributed by atoms with van der Waals surface area (Å²) in [5.41, 5.74) is 3.53. The van der Waals surface area contributed by atoms with Gasteiger partial charge in [-0.25, -0.2) is 0 Å². The number of Topliss-reactive ketones (excluding diaryl/α,β-unsaturated/α-hetero) is 1. The average molecular weight is 237 g/mol. The van der Waals surface area contributed by atoms with Crippen molar-refractivity contribution in [2.24, 2.45) is 4.99 Å². The topological polar surface area (TPSA) is 29.4 Å². The minimum absolute atomic E-state index is 0.0596. The standard InChI is InChI=1S/C16H15NO/c1-12(14-7-4-3-5-8-14)17-16-10-6-9-15(11-16)13(2)18/h3-11H,1-2H3. The van der Waals surface area contributed by atoms with Crippen LogP contribution in [-0.2, 0) is 0 Å². The van der Waals surface area contributed by atoms with Crippen LogP contribution in [0.1, 0.15) is 29.8 Å². The van der Waals surface area contributed by atoms with Crippen molar-refractivity contribution in [3.63, 3.8) is 0 Å². The number of nitrogens with zero attached hydrogens (tertiary/aromatic N) is 1. The van der Waals surface area contributed by atoms with E-state index in [9.17, 15) is 4.79 Å². The number of benzene rings is 2. The van der Waals surface area contributed by atoms with E-state index in [1.807, 2.05) is 55.5 Å². The van der Waals surface area contributed by atoms with E-state index in [0.29, 0.717) is 5.56 Å². The highest BCUT2D eigenvalue weighted by atomic mass is 16.1. The Hall–Kier alpha value is -2.22. The van der Waals surface area contributed by atoms with Gasteiger partial charge in [0.05, 0.1) is 5.69 Å². The van der Waals surface area contributed by atoms with Gasteiger partial charge in [-0.3, -0.25) is 9.79 Å². The molecular weight excluding hydrogens is 222 g/mol. The van der Waals surface area contributed by atoms with Gasteiger partial charge in [0.2, 0.25) is 0 Å². The molecule has 2 heteroatoms. The van der Waals surface area contributed by atoms with Gasteiger partial charge in [-0.1, -0.05) is 42.5 Å². The third-order valence-electron chi connectivity index (χ3n) is 2.74. The van der Waals surface area contributed by atoms with Crippen LogP contribution in [0.15, 0.2) is 59.6 Å². The van der Waals surface area contributed by atoms with Gasteiger partial charge in [0.25, 0.3) is 0 Å². The van der Waals surface area contributed by atoms with E-state index in [-0.39, 0.29) is 5.78 Å². The largest absolute Gasteiger partial charge is 0.295 e. The molecule has 0 spiro atoms. The first-order valence-corrected chi connectivity index (χ1v) is 5.88. The third-order valence-corrected chi connectivity index (χ3v) is 2.74. The van der Waals surface area contributed by atoms with Gasteiger partial charge in [0, 0.05) is 11.3 Å². The van der Waals surface area contributed by atoms with Gasteiger partial charge in [-0.15, -0.1) is 0 Å². The summed E-state index contributed by atoms with van der Waals surface area (Å²) in [5.74, 6) is 0.0596. The van der Waals surface area contributed by atoms with Crippen molar-refractivity contribution < 1.29 is 4.79 Å². The summed E-state index contributed by atoms with van der Waals surface area (Å²) in [6.45, 7) is 3.53. The van der Waals surface area contributed by atoms with E-state index >= 15 is 0 Å². The quantitative estimate of drug-likeness (QED) is 0.585. The highest BCUT2D eigenvalue weighted by Crippen LogP contribution is 2.16. The molecule has 2 aromatic carbocycles. The zero-order valence-corrected chi connectivity index (χ0v) is 10.6. The Morgan fingerprint density at radius 3 is 2.22 bits per heavy atom. The molecule has 2 nitrogen and oxygen atoms in total. The number of aliphatic imine (C=N–C) groups is 1. The van der Waals surface area contributed by atoms with Crippen LogP contribution in [0.4, 0.5) is 5.69 Å². The lowest BCUT2D eigenvalue weighted by atomic mass is 10.1. The van der Waals surface area contributed by atoms with Crippen molar-refractivity contribution >= 4 is 17.2 Å². The summed E-state index contributed by atoms with van der Waals surface area (Å²) in [5, 5.41) is 0. The maximum Gasteiger partial charge on any atom is 0.159 e. The minimum atomic E-state index is 0.0596. The maximum atomic E-state index is 11.3. The zero-order chi connectivity index (χ0) is 13.0. The van der Waals surface area contributed by atoms with E-state index < -0.39 is 0 Å². The van der Waals surface area contributed by atoms with Crippen molar-refractivity contribution in [2.45, 2.75) is 13.8 Å². The van der Waals surface area contributed by atoms with E-state index in [1.54, 1.807) is 13.0 Å². The maximum absolute atomic E-state index is 11.3. The van der Waals surface area contributed by atoms with E-state index in [4.69, 9.17) is 0 Å². The molecule has 0 heterocycles. The van der Waals surface area contributed by atoms with Crippen molar-refractivity contribution in [3.05, 3.63) is 65.7 Å². The Kier molecular flexibility index (Phi) is 3.68. The number of hydrogen-bond acceptors (Lipinski definition) is 2. The van der Waals surface area contributed by atoms with Crippen molar-refractivity contribution in [1.29, 1.82) is 0 Å². The Morgan fingerprint density at radius 1 is 0.889 bits per heavy atom. The molecule has 18 heavy (non-hydrogen) atoms. The SMILES string of the molecule is CC(=O)c1cccc(N=C(C)c2ccccc2)c1. The molecular formula is C16H15NO. The lowest BCUT2D eigenvalue weighted by Gasteiger charge is -2.02. The highest BCUT2D eigenvalue weighted by Gasteiger charge is 2.01. The van der Waals surface area contributed by atoms with Crippen LogP contribution in [0, 0.1) is 0 Å². The molecule has 0 aliphatic heterocycles. The summed E-state index contributed by atoms with van der Waals surface area (Å²) in [6.07, 6.45) is 0. The number of carbonyl (C=O) groups excluding carboxylic acids is 1. The second-order valence-corrected chi connectivity index (χ2v) is 4.17. The molecule has 0 bridgehead atoms. The van der Waals surface area contributed by atoms with Crippen LogP contribution in [0.2, 0.25) is 0 Å². The fourth-order valence-electron chi connectivity index (χ4n) is 1.73. The van der Waals surface area contributed by atoms with E-state index in [1.165, 1.54) is 0 Å². The summed E-state index contributed by atoms with van der Waals surface area (Å²) in [7, 11) is 0. The van der Waals surface area contributed by atoms with Gasteiger partial charge in [0.15, 0.2) is 5.78 Å². The molecule has 0 amide bonds. The molecule has 0 saturated carbocycles. The van der Waals surface area contributed by atoms with Crippen LogP contribution >= 0.6 is 0 Å². The zero-order valence-electron chi connectivity index (χ0n) is 10.6. The Bertz CT molecular complexity index is 585. The van der Waals surface area contributed by atoms with Crippen molar-refractivity contribution in [3.8, 4) is 0 Å². The predicted molar refractivity (Wildman–Crippen MR) is 74.8 cm³/mol. The predicted octanol–water partition coefficient (Wildman–Crippen LogP) is 4.03. The first-order valence-electron chi connectivity index (χ1n) is 5.88. The van der Waals surface area contributed by atoms with Gasteiger partial charge in [-0.2, -0.15) is 0 Å². The van der Waals surface area contributed by atoms with Crippen LogP contribution in [0.5, 0.6) is 0 Å². The van der Waals surface area contributed by atoms with Gasteiger partial charge in [-0.05, 0) is 31.5 Å². The number of ketones is 1. The average Bonchev–Trinajstić information content (AvgIpc) is 2.40. The molecule has 0 radical (unpaired) electrons. The van der Waals surface area contributed by atoms with Crippen LogP contribution in [-0.4, -0.2) is 11.5 Å². The highest BCUT2D eigenvalue weighted by molar-refractivity contribution is 6.00. The van der Waals surface area contributed by atoms with Crippen LogP contribution in [0.25, 0.3) is 0 Å². The normalized spacial score (nSPS) is 11.3. The fourth-order valence-corrected chi connectivity index (χ4v) is 1.73. The smallest absolute Gasteiger partial charge is 0.159 e. The fraction of sp³-hybridized carbons (Fsp3) is 0.125. The van der Waals surface area contributed by atoms with Crippen LogP contribution in [0.3, 0.4) is 0 Å². The lowest BCUT2D eigenvalue weighted by Crippen LogP contribution is -1.94. The lowest BCUT2D eigenvalue weighted by molar-refractivity contribution is 0.101. The van der Waals surface area contributed by atoms with Crippen molar-refractivity contribution in [2.75, 3.05) is 0 Å². The second-order valence-electron chi connectivity index (χ2n) is 4.17. The van der Waals surface area contributed by atoms with Gasteiger partial charge < -0.3 is 0 Å². The molecule has 0 fully saturated rings. The van der Waals surface area contributed by atoms with E-state index in [0.717, 1.165) is 17.0 Å². The third kappa shape index (κ3) is 2.92.